The van der Waals surface area contributed by atoms with Gasteiger partial charge in [-0.2, -0.15) is 0 Å². The Bertz CT molecular complexity index is 807. The van der Waals surface area contributed by atoms with Crippen LogP contribution < -0.4 is 10.6 Å². The zero-order valence-corrected chi connectivity index (χ0v) is 18.4. The normalized spacial score (nSPS) is 24.3. The van der Waals surface area contributed by atoms with Crippen LogP contribution in [0.4, 0.5) is 4.79 Å². The maximum atomic E-state index is 13.0. The van der Waals surface area contributed by atoms with Crippen LogP contribution in [0.15, 0.2) is 24.3 Å². The second kappa shape index (κ2) is 8.76. The van der Waals surface area contributed by atoms with Gasteiger partial charge in [-0.3, -0.25) is 14.5 Å². The van der Waals surface area contributed by atoms with E-state index in [0.717, 1.165) is 28.9 Å². The molecule has 4 amide bonds. The fraction of sp³-hybridized carbons (Fsp3) is 0.609. The standard InChI is InChI=1S/C23H33N3O4/c1-22(2,3)18-8-10-23(11-9-18)20(28)26(21(29)25-23)14-19(27)24-13-16-6-5-7-17(12-16)15-30-4/h5-7,12,18H,8-11,13-15H2,1-4H3,(H,24,27)(H,25,29). The number of urea groups is 1. The quantitative estimate of drug-likeness (QED) is 0.699. The summed E-state index contributed by atoms with van der Waals surface area (Å²) in [5.74, 6) is -0.0905. The van der Waals surface area contributed by atoms with Gasteiger partial charge >= 0.3 is 6.03 Å². The Balaban J connectivity index is 1.55. The van der Waals surface area contributed by atoms with E-state index in [1.165, 1.54) is 0 Å². The van der Waals surface area contributed by atoms with Gasteiger partial charge in [0, 0.05) is 13.7 Å². The first kappa shape index (κ1) is 22.3. The van der Waals surface area contributed by atoms with E-state index in [9.17, 15) is 14.4 Å². The third-order valence-corrected chi connectivity index (χ3v) is 6.40. The van der Waals surface area contributed by atoms with Gasteiger partial charge in [-0.05, 0) is 48.1 Å². The monoisotopic (exact) mass is 415 g/mol. The molecule has 2 fully saturated rings. The van der Waals surface area contributed by atoms with E-state index in [2.05, 4.69) is 31.4 Å². The van der Waals surface area contributed by atoms with Crippen molar-refractivity contribution in [1.29, 1.82) is 0 Å². The molecule has 0 radical (unpaired) electrons. The molecule has 0 unspecified atom stereocenters. The first-order valence-electron chi connectivity index (χ1n) is 10.6. The zero-order valence-electron chi connectivity index (χ0n) is 18.4. The van der Waals surface area contributed by atoms with Gasteiger partial charge in [-0.25, -0.2) is 4.79 Å². The highest BCUT2D eigenvalue weighted by molar-refractivity contribution is 6.09. The molecule has 1 aliphatic heterocycles. The van der Waals surface area contributed by atoms with Gasteiger partial charge in [0.1, 0.15) is 12.1 Å². The van der Waals surface area contributed by atoms with Crippen LogP contribution in [-0.4, -0.2) is 41.9 Å². The summed E-state index contributed by atoms with van der Waals surface area (Å²) in [5.41, 5.74) is 1.30. The highest BCUT2D eigenvalue weighted by atomic mass is 16.5. The number of imide groups is 1. The summed E-state index contributed by atoms with van der Waals surface area (Å²) >= 11 is 0. The number of nitrogens with zero attached hydrogens (tertiary/aromatic N) is 1. The molecule has 0 aromatic heterocycles. The summed E-state index contributed by atoms with van der Waals surface area (Å²) in [4.78, 5) is 39.0. The average molecular weight is 416 g/mol. The minimum Gasteiger partial charge on any atom is -0.380 e. The molecule has 0 bridgehead atoms. The summed E-state index contributed by atoms with van der Waals surface area (Å²) in [6.07, 6.45) is 3.05. The lowest BCUT2D eigenvalue weighted by Gasteiger charge is -2.40. The number of ether oxygens (including phenoxy) is 1. The molecule has 1 saturated heterocycles. The van der Waals surface area contributed by atoms with Crippen molar-refractivity contribution >= 4 is 17.8 Å². The van der Waals surface area contributed by atoms with Crippen LogP contribution in [0.3, 0.4) is 0 Å². The van der Waals surface area contributed by atoms with Crippen LogP contribution in [-0.2, 0) is 27.5 Å². The van der Waals surface area contributed by atoms with Gasteiger partial charge in [0.2, 0.25) is 5.91 Å². The van der Waals surface area contributed by atoms with E-state index in [-0.39, 0.29) is 23.8 Å². The number of methoxy groups -OCH3 is 1. The Hall–Kier alpha value is -2.41. The number of carbonyl (C=O) groups excluding carboxylic acids is 3. The number of benzene rings is 1. The molecule has 0 atom stereocenters. The maximum Gasteiger partial charge on any atom is 0.325 e. The summed E-state index contributed by atoms with van der Waals surface area (Å²) in [5, 5.41) is 5.69. The molecular formula is C23H33N3O4. The highest BCUT2D eigenvalue weighted by Gasteiger charge is 2.53. The van der Waals surface area contributed by atoms with Crippen molar-refractivity contribution < 1.29 is 19.1 Å². The lowest BCUT2D eigenvalue weighted by Crippen LogP contribution is -2.51. The van der Waals surface area contributed by atoms with E-state index in [4.69, 9.17) is 4.74 Å². The Kier molecular flexibility index (Phi) is 6.50. The molecule has 1 aromatic carbocycles. The van der Waals surface area contributed by atoms with E-state index in [1.54, 1.807) is 7.11 Å². The number of hydrogen-bond acceptors (Lipinski definition) is 4. The van der Waals surface area contributed by atoms with Crippen molar-refractivity contribution in [2.45, 2.75) is 65.1 Å². The largest absolute Gasteiger partial charge is 0.380 e. The first-order chi connectivity index (χ1) is 14.1. The third kappa shape index (κ3) is 4.83. The van der Waals surface area contributed by atoms with Crippen molar-refractivity contribution in [3.63, 3.8) is 0 Å². The Labute approximate surface area is 178 Å². The Morgan fingerprint density at radius 3 is 2.53 bits per heavy atom. The van der Waals surface area contributed by atoms with Gasteiger partial charge in [0.05, 0.1) is 6.61 Å². The molecule has 1 aromatic rings. The molecule has 1 heterocycles. The molecule has 1 aliphatic carbocycles. The lowest BCUT2D eigenvalue weighted by atomic mass is 9.67. The molecule has 7 heteroatoms. The second-order valence-electron chi connectivity index (χ2n) is 9.57. The van der Waals surface area contributed by atoms with Gasteiger partial charge < -0.3 is 15.4 Å². The van der Waals surface area contributed by atoms with E-state index in [1.807, 2.05) is 24.3 Å². The smallest absolute Gasteiger partial charge is 0.325 e. The number of rotatable bonds is 6. The van der Waals surface area contributed by atoms with Gasteiger partial charge in [0.25, 0.3) is 5.91 Å². The van der Waals surface area contributed by atoms with Gasteiger partial charge in [-0.15, -0.1) is 0 Å². The Morgan fingerprint density at radius 2 is 1.90 bits per heavy atom. The summed E-state index contributed by atoms with van der Waals surface area (Å²) in [7, 11) is 1.63. The summed E-state index contributed by atoms with van der Waals surface area (Å²) < 4.78 is 5.12. The van der Waals surface area contributed by atoms with E-state index >= 15 is 0 Å². The molecule has 1 spiro atoms. The van der Waals surface area contributed by atoms with Crippen LogP contribution in [0.2, 0.25) is 0 Å². The van der Waals surface area contributed by atoms with Crippen molar-refractivity contribution in [3.05, 3.63) is 35.4 Å². The Morgan fingerprint density at radius 1 is 1.23 bits per heavy atom. The fourth-order valence-corrected chi connectivity index (χ4v) is 4.53. The van der Waals surface area contributed by atoms with Crippen molar-refractivity contribution in [1.82, 2.24) is 15.5 Å². The number of carbonyl (C=O) groups is 3. The third-order valence-electron chi connectivity index (χ3n) is 6.40. The molecule has 7 nitrogen and oxygen atoms in total. The lowest BCUT2D eigenvalue weighted by molar-refractivity contribution is -0.136. The number of nitrogens with one attached hydrogen (secondary N) is 2. The zero-order chi connectivity index (χ0) is 21.9. The van der Waals surface area contributed by atoms with Crippen molar-refractivity contribution in [2.75, 3.05) is 13.7 Å². The number of hydrogen-bond donors (Lipinski definition) is 2. The van der Waals surface area contributed by atoms with E-state index < -0.39 is 11.6 Å². The van der Waals surface area contributed by atoms with Crippen molar-refractivity contribution in [2.24, 2.45) is 11.3 Å². The maximum absolute atomic E-state index is 13.0. The molecular weight excluding hydrogens is 382 g/mol. The van der Waals surface area contributed by atoms with E-state index in [0.29, 0.717) is 31.9 Å². The average Bonchev–Trinajstić information content (AvgIpc) is 2.91. The minimum atomic E-state index is -0.840. The molecule has 2 aliphatic rings. The molecule has 164 valence electrons. The van der Waals surface area contributed by atoms with Crippen LogP contribution in [0.25, 0.3) is 0 Å². The molecule has 1 saturated carbocycles. The van der Waals surface area contributed by atoms with Crippen LogP contribution in [0.1, 0.15) is 57.6 Å². The molecule has 3 rings (SSSR count). The fourth-order valence-electron chi connectivity index (χ4n) is 4.53. The predicted octanol–water partition coefficient (Wildman–Crippen LogP) is 2.98. The molecule has 2 N–H and O–H groups in total. The SMILES string of the molecule is COCc1cccc(CNC(=O)CN2C(=O)NC3(CCC(C(C)(C)C)CC3)C2=O)c1. The van der Waals surface area contributed by atoms with Crippen LogP contribution in [0, 0.1) is 11.3 Å². The minimum absolute atomic E-state index is 0.188. The second-order valence-corrected chi connectivity index (χ2v) is 9.57. The highest BCUT2D eigenvalue weighted by Crippen LogP contribution is 2.43. The topological polar surface area (TPSA) is 87.7 Å². The molecule has 30 heavy (non-hydrogen) atoms. The first-order valence-corrected chi connectivity index (χ1v) is 10.6. The van der Waals surface area contributed by atoms with Crippen LogP contribution in [0.5, 0.6) is 0 Å². The van der Waals surface area contributed by atoms with Crippen molar-refractivity contribution in [3.8, 4) is 0 Å². The van der Waals surface area contributed by atoms with Gasteiger partial charge in [-0.1, -0.05) is 45.0 Å². The summed E-state index contributed by atoms with van der Waals surface area (Å²) in [6, 6.07) is 7.27. The predicted molar refractivity (Wildman–Crippen MR) is 113 cm³/mol. The van der Waals surface area contributed by atoms with Crippen LogP contribution >= 0.6 is 0 Å². The number of amides is 4. The summed E-state index contributed by atoms with van der Waals surface area (Å²) in [6.45, 7) is 7.22. The van der Waals surface area contributed by atoms with Gasteiger partial charge in [0.15, 0.2) is 0 Å².